The van der Waals surface area contributed by atoms with Gasteiger partial charge in [-0.1, -0.05) is 24.6 Å². The first kappa shape index (κ1) is 9.69. The van der Waals surface area contributed by atoms with Crippen molar-refractivity contribution < 1.29 is 4.79 Å². The summed E-state index contributed by atoms with van der Waals surface area (Å²) >= 11 is 7.58. The molecule has 0 bridgehead atoms. The summed E-state index contributed by atoms with van der Waals surface area (Å²) < 4.78 is 1.00. The van der Waals surface area contributed by atoms with Gasteiger partial charge in [0.2, 0.25) is 0 Å². The molecular formula is C11H9ClOS. The van der Waals surface area contributed by atoms with Crippen molar-refractivity contribution in [2.24, 2.45) is 0 Å². The summed E-state index contributed by atoms with van der Waals surface area (Å²) in [5.74, 6) is 0. The Labute approximate surface area is 91.3 Å². The molecule has 72 valence electrons. The molecule has 1 aromatic carbocycles. The topological polar surface area (TPSA) is 17.1 Å². The Morgan fingerprint density at radius 3 is 2.93 bits per heavy atom. The third kappa shape index (κ3) is 1.45. The van der Waals surface area contributed by atoms with Gasteiger partial charge in [-0.25, -0.2) is 0 Å². The molecule has 0 radical (unpaired) electrons. The fourth-order valence-corrected chi connectivity index (χ4v) is 2.80. The second-order valence-electron chi connectivity index (χ2n) is 3.06. The average Bonchev–Trinajstić information content (AvgIpc) is 2.60. The normalized spacial score (nSPS) is 10.7. The molecule has 1 aromatic heterocycles. The van der Waals surface area contributed by atoms with Crippen molar-refractivity contribution in [3.8, 4) is 0 Å². The number of rotatable bonds is 2. The molecule has 0 aliphatic rings. The Morgan fingerprint density at radius 1 is 1.50 bits per heavy atom. The van der Waals surface area contributed by atoms with Gasteiger partial charge in [0.15, 0.2) is 6.29 Å². The van der Waals surface area contributed by atoms with Crippen molar-refractivity contribution in [2.45, 2.75) is 13.3 Å². The molecule has 1 nitrogen and oxygen atoms in total. The maximum atomic E-state index is 10.9. The van der Waals surface area contributed by atoms with Crippen molar-refractivity contribution in [3.05, 3.63) is 33.7 Å². The van der Waals surface area contributed by atoms with Crippen LogP contribution in [0.3, 0.4) is 0 Å². The lowest BCUT2D eigenvalue weighted by molar-refractivity contribution is 0.112. The van der Waals surface area contributed by atoms with Gasteiger partial charge in [-0.05, 0) is 23.9 Å². The monoisotopic (exact) mass is 224 g/mol. The number of aryl methyl sites for hydroxylation is 1. The van der Waals surface area contributed by atoms with Crippen LogP contribution in [0.2, 0.25) is 5.02 Å². The summed E-state index contributed by atoms with van der Waals surface area (Å²) in [6, 6.07) is 5.85. The van der Waals surface area contributed by atoms with Gasteiger partial charge < -0.3 is 0 Å². The smallest absolute Gasteiger partial charge is 0.152 e. The van der Waals surface area contributed by atoms with Gasteiger partial charge in [0, 0.05) is 9.58 Å². The average molecular weight is 225 g/mol. The Morgan fingerprint density at radius 2 is 2.29 bits per heavy atom. The highest BCUT2D eigenvalue weighted by Gasteiger charge is 2.08. The third-order valence-corrected chi connectivity index (χ3v) is 3.85. The standard InChI is InChI=1S/C11H9ClOS/c1-2-8-5-7-3-4-10(12)9(6-13)11(7)14-8/h3-6H,2H2,1H3. The zero-order valence-electron chi connectivity index (χ0n) is 7.71. The lowest BCUT2D eigenvalue weighted by Crippen LogP contribution is -1.80. The van der Waals surface area contributed by atoms with Gasteiger partial charge in [-0.15, -0.1) is 11.3 Å². The summed E-state index contributed by atoms with van der Waals surface area (Å²) in [5, 5.41) is 1.65. The number of thiophene rings is 1. The first-order chi connectivity index (χ1) is 6.76. The number of carbonyl (C=O) groups is 1. The van der Waals surface area contributed by atoms with E-state index in [0.29, 0.717) is 10.6 Å². The van der Waals surface area contributed by atoms with E-state index in [0.717, 1.165) is 22.8 Å². The molecular weight excluding hydrogens is 216 g/mol. The van der Waals surface area contributed by atoms with Crippen LogP contribution in [0.4, 0.5) is 0 Å². The van der Waals surface area contributed by atoms with Crippen LogP contribution in [-0.4, -0.2) is 6.29 Å². The fraction of sp³-hybridized carbons (Fsp3) is 0.182. The number of benzene rings is 1. The minimum absolute atomic E-state index is 0.539. The van der Waals surface area contributed by atoms with Gasteiger partial charge in [-0.2, -0.15) is 0 Å². The van der Waals surface area contributed by atoms with Crippen LogP contribution in [0.25, 0.3) is 10.1 Å². The summed E-state index contributed by atoms with van der Waals surface area (Å²) in [5.41, 5.74) is 0.619. The van der Waals surface area contributed by atoms with Crippen molar-refractivity contribution in [2.75, 3.05) is 0 Å². The van der Waals surface area contributed by atoms with Crippen LogP contribution in [0.5, 0.6) is 0 Å². The predicted octanol–water partition coefficient (Wildman–Crippen LogP) is 3.93. The second kappa shape index (κ2) is 3.71. The minimum Gasteiger partial charge on any atom is -0.298 e. The Hall–Kier alpha value is -0.860. The van der Waals surface area contributed by atoms with Crippen LogP contribution in [0, 0.1) is 0 Å². The SMILES string of the molecule is CCc1cc2ccc(Cl)c(C=O)c2s1. The largest absolute Gasteiger partial charge is 0.298 e. The van der Waals surface area contributed by atoms with Gasteiger partial charge in [0.05, 0.1) is 10.6 Å². The first-order valence-electron chi connectivity index (χ1n) is 4.42. The van der Waals surface area contributed by atoms with E-state index in [1.54, 1.807) is 17.4 Å². The zero-order chi connectivity index (χ0) is 10.1. The van der Waals surface area contributed by atoms with Gasteiger partial charge in [0.1, 0.15) is 0 Å². The number of carbonyl (C=O) groups excluding carboxylic acids is 1. The number of hydrogen-bond donors (Lipinski definition) is 0. The van der Waals surface area contributed by atoms with E-state index in [2.05, 4.69) is 13.0 Å². The Balaban J connectivity index is 2.79. The quantitative estimate of drug-likeness (QED) is 0.707. The van der Waals surface area contributed by atoms with Gasteiger partial charge in [0.25, 0.3) is 0 Å². The van der Waals surface area contributed by atoms with E-state index in [9.17, 15) is 4.79 Å². The number of aldehydes is 1. The fourth-order valence-electron chi connectivity index (χ4n) is 1.44. The first-order valence-corrected chi connectivity index (χ1v) is 5.61. The molecule has 2 aromatic rings. The second-order valence-corrected chi connectivity index (χ2v) is 4.61. The summed E-state index contributed by atoms with van der Waals surface area (Å²) in [4.78, 5) is 12.1. The molecule has 0 atom stereocenters. The van der Waals surface area contributed by atoms with Gasteiger partial charge in [-0.3, -0.25) is 4.79 Å². The molecule has 14 heavy (non-hydrogen) atoms. The van der Waals surface area contributed by atoms with E-state index in [1.165, 1.54) is 4.88 Å². The molecule has 0 unspecified atom stereocenters. The molecule has 0 aliphatic carbocycles. The molecule has 1 heterocycles. The van der Waals surface area contributed by atoms with Crippen LogP contribution in [0.1, 0.15) is 22.2 Å². The van der Waals surface area contributed by atoms with Crippen LogP contribution in [-0.2, 0) is 6.42 Å². The molecule has 0 fully saturated rings. The maximum absolute atomic E-state index is 10.9. The molecule has 0 aliphatic heterocycles. The van der Waals surface area contributed by atoms with Crippen LogP contribution >= 0.6 is 22.9 Å². The molecule has 0 spiro atoms. The number of hydrogen-bond acceptors (Lipinski definition) is 2. The van der Waals surface area contributed by atoms with E-state index < -0.39 is 0 Å². The maximum Gasteiger partial charge on any atom is 0.152 e. The van der Waals surface area contributed by atoms with E-state index in [1.807, 2.05) is 6.07 Å². The van der Waals surface area contributed by atoms with Crippen molar-refractivity contribution in [1.29, 1.82) is 0 Å². The summed E-state index contributed by atoms with van der Waals surface area (Å²) in [6.45, 7) is 2.10. The summed E-state index contributed by atoms with van der Waals surface area (Å²) in [6.07, 6.45) is 1.83. The summed E-state index contributed by atoms with van der Waals surface area (Å²) in [7, 11) is 0. The molecule has 0 N–H and O–H groups in total. The van der Waals surface area contributed by atoms with Crippen LogP contribution < -0.4 is 0 Å². The highest BCUT2D eigenvalue weighted by Crippen LogP contribution is 2.32. The molecule has 0 saturated heterocycles. The van der Waals surface area contributed by atoms with Crippen molar-refractivity contribution in [3.63, 3.8) is 0 Å². The van der Waals surface area contributed by atoms with E-state index in [4.69, 9.17) is 11.6 Å². The predicted molar refractivity (Wildman–Crippen MR) is 61.6 cm³/mol. The molecule has 0 amide bonds. The zero-order valence-corrected chi connectivity index (χ0v) is 9.28. The van der Waals surface area contributed by atoms with E-state index >= 15 is 0 Å². The third-order valence-electron chi connectivity index (χ3n) is 2.19. The number of fused-ring (bicyclic) bond motifs is 1. The molecule has 2 rings (SSSR count). The van der Waals surface area contributed by atoms with E-state index in [-0.39, 0.29) is 0 Å². The van der Waals surface area contributed by atoms with Crippen molar-refractivity contribution in [1.82, 2.24) is 0 Å². The Kier molecular flexibility index (Phi) is 2.57. The van der Waals surface area contributed by atoms with Crippen LogP contribution in [0.15, 0.2) is 18.2 Å². The molecule has 0 saturated carbocycles. The lowest BCUT2D eigenvalue weighted by atomic mass is 10.2. The highest BCUT2D eigenvalue weighted by molar-refractivity contribution is 7.19. The Bertz CT molecular complexity index is 487. The number of halogens is 1. The molecule has 3 heteroatoms. The highest BCUT2D eigenvalue weighted by atomic mass is 35.5. The van der Waals surface area contributed by atoms with Gasteiger partial charge >= 0.3 is 0 Å². The van der Waals surface area contributed by atoms with Crippen molar-refractivity contribution >= 4 is 39.3 Å². The minimum atomic E-state index is 0.539. The lowest BCUT2D eigenvalue weighted by Gasteiger charge is -1.96.